The first kappa shape index (κ1) is 18.3. The molecule has 0 amide bonds. The van der Waals surface area contributed by atoms with E-state index in [4.69, 9.17) is 21.1 Å². The van der Waals surface area contributed by atoms with Gasteiger partial charge in [0, 0.05) is 23.7 Å². The molecule has 0 saturated heterocycles. The Hall–Kier alpha value is -2.49. The monoisotopic (exact) mass is 367 g/mol. The zero-order valence-electron chi connectivity index (χ0n) is 14.7. The standard InChI is InChI=1S/C22H22ClNO2/c1-25-20-11-9-17(10-12-20)14-24-15-18-5-4-7-21(13-18)26-16-19-6-2-3-8-22(19)23/h2-13,24H,14-16H2,1H3. The Labute approximate surface area is 159 Å². The molecular weight excluding hydrogens is 346 g/mol. The Morgan fingerprint density at radius 3 is 2.35 bits per heavy atom. The second kappa shape index (κ2) is 9.27. The van der Waals surface area contributed by atoms with Crippen LogP contribution in [0.3, 0.4) is 0 Å². The zero-order chi connectivity index (χ0) is 18.2. The second-order valence-electron chi connectivity index (χ2n) is 5.98. The van der Waals surface area contributed by atoms with Crippen molar-refractivity contribution in [2.75, 3.05) is 7.11 Å². The van der Waals surface area contributed by atoms with Crippen LogP contribution in [0.4, 0.5) is 0 Å². The van der Waals surface area contributed by atoms with E-state index in [0.29, 0.717) is 6.61 Å². The molecule has 0 aliphatic rings. The van der Waals surface area contributed by atoms with E-state index >= 15 is 0 Å². The highest BCUT2D eigenvalue weighted by Crippen LogP contribution is 2.19. The number of rotatable bonds is 8. The van der Waals surface area contributed by atoms with Crippen molar-refractivity contribution in [3.63, 3.8) is 0 Å². The van der Waals surface area contributed by atoms with E-state index in [1.165, 1.54) is 11.1 Å². The molecule has 0 heterocycles. The highest BCUT2D eigenvalue weighted by molar-refractivity contribution is 6.31. The molecule has 3 aromatic carbocycles. The van der Waals surface area contributed by atoms with Crippen molar-refractivity contribution in [2.24, 2.45) is 0 Å². The van der Waals surface area contributed by atoms with Crippen molar-refractivity contribution in [3.8, 4) is 11.5 Å². The topological polar surface area (TPSA) is 30.5 Å². The molecule has 0 spiro atoms. The quantitative estimate of drug-likeness (QED) is 0.592. The molecule has 0 aliphatic carbocycles. The lowest BCUT2D eigenvalue weighted by molar-refractivity contribution is 0.306. The Balaban J connectivity index is 1.51. The van der Waals surface area contributed by atoms with Gasteiger partial charge >= 0.3 is 0 Å². The van der Waals surface area contributed by atoms with E-state index in [-0.39, 0.29) is 0 Å². The molecule has 0 aliphatic heterocycles. The lowest BCUT2D eigenvalue weighted by atomic mass is 10.2. The molecule has 4 heteroatoms. The molecule has 0 fully saturated rings. The van der Waals surface area contributed by atoms with Gasteiger partial charge < -0.3 is 14.8 Å². The van der Waals surface area contributed by atoms with Crippen LogP contribution in [0, 0.1) is 0 Å². The van der Waals surface area contributed by atoms with Crippen molar-refractivity contribution in [1.29, 1.82) is 0 Å². The minimum atomic E-state index is 0.461. The lowest BCUT2D eigenvalue weighted by Gasteiger charge is -2.10. The average Bonchev–Trinajstić information content (AvgIpc) is 2.68. The number of halogens is 1. The summed E-state index contributed by atoms with van der Waals surface area (Å²) in [4.78, 5) is 0. The highest BCUT2D eigenvalue weighted by Gasteiger charge is 2.02. The normalized spacial score (nSPS) is 10.5. The number of methoxy groups -OCH3 is 1. The maximum absolute atomic E-state index is 6.17. The van der Waals surface area contributed by atoms with Gasteiger partial charge in [0.2, 0.25) is 0 Å². The van der Waals surface area contributed by atoms with Gasteiger partial charge in [-0.1, -0.05) is 54.1 Å². The first-order valence-corrected chi connectivity index (χ1v) is 8.91. The van der Waals surface area contributed by atoms with Gasteiger partial charge in [-0.25, -0.2) is 0 Å². The molecule has 3 aromatic rings. The van der Waals surface area contributed by atoms with Crippen molar-refractivity contribution < 1.29 is 9.47 Å². The molecule has 3 nitrogen and oxygen atoms in total. The van der Waals surface area contributed by atoms with Crippen molar-refractivity contribution in [3.05, 3.63) is 94.5 Å². The van der Waals surface area contributed by atoms with Gasteiger partial charge in [0.25, 0.3) is 0 Å². The number of benzene rings is 3. The molecule has 0 radical (unpaired) electrons. The number of hydrogen-bond donors (Lipinski definition) is 1. The maximum Gasteiger partial charge on any atom is 0.120 e. The van der Waals surface area contributed by atoms with Crippen LogP contribution in [0.5, 0.6) is 11.5 Å². The van der Waals surface area contributed by atoms with E-state index in [1.807, 2.05) is 48.5 Å². The second-order valence-corrected chi connectivity index (χ2v) is 6.39. The number of ether oxygens (including phenoxy) is 2. The van der Waals surface area contributed by atoms with Gasteiger partial charge in [0.05, 0.1) is 7.11 Å². The predicted molar refractivity (Wildman–Crippen MR) is 106 cm³/mol. The summed E-state index contributed by atoms with van der Waals surface area (Å²) >= 11 is 6.17. The maximum atomic E-state index is 6.17. The smallest absolute Gasteiger partial charge is 0.120 e. The van der Waals surface area contributed by atoms with Crippen LogP contribution >= 0.6 is 11.6 Å². The van der Waals surface area contributed by atoms with Crippen LogP contribution in [0.1, 0.15) is 16.7 Å². The van der Waals surface area contributed by atoms with Crippen molar-refractivity contribution in [1.82, 2.24) is 5.32 Å². The third-order valence-electron chi connectivity index (χ3n) is 4.07. The molecule has 1 N–H and O–H groups in total. The van der Waals surface area contributed by atoms with E-state index in [1.54, 1.807) is 7.11 Å². The molecular formula is C22H22ClNO2. The third kappa shape index (κ3) is 5.25. The number of nitrogens with one attached hydrogen (secondary N) is 1. The molecule has 0 atom stereocenters. The lowest BCUT2D eigenvalue weighted by Crippen LogP contribution is -2.12. The van der Waals surface area contributed by atoms with E-state index in [9.17, 15) is 0 Å². The van der Waals surface area contributed by atoms with E-state index in [2.05, 4.69) is 29.6 Å². The summed E-state index contributed by atoms with van der Waals surface area (Å²) in [6.07, 6.45) is 0. The zero-order valence-corrected chi connectivity index (χ0v) is 15.5. The van der Waals surface area contributed by atoms with E-state index < -0.39 is 0 Å². The molecule has 3 rings (SSSR count). The summed E-state index contributed by atoms with van der Waals surface area (Å²) in [5.41, 5.74) is 3.38. The predicted octanol–water partition coefficient (Wildman–Crippen LogP) is 5.22. The van der Waals surface area contributed by atoms with Crippen LogP contribution < -0.4 is 14.8 Å². The SMILES string of the molecule is COc1ccc(CNCc2cccc(OCc3ccccc3Cl)c2)cc1. The van der Waals surface area contributed by atoms with Crippen LogP contribution in [-0.2, 0) is 19.7 Å². The summed E-state index contributed by atoms with van der Waals surface area (Å²) in [5.74, 6) is 1.71. The first-order chi connectivity index (χ1) is 12.7. The minimum Gasteiger partial charge on any atom is -0.497 e. The van der Waals surface area contributed by atoms with Crippen LogP contribution in [0.15, 0.2) is 72.8 Å². The molecule has 0 saturated carbocycles. The molecule has 0 unspecified atom stereocenters. The van der Waals surface area contributed by atoms with Gasteiger partial charge in [-0.15, -0.1) is 0 Å². The highest BCUT2D eigenvalue weighted by atomic mass is 35.5. The summed E-state index contributed by atoms with van der Waals surface area (Å²) < 4.78 is 11.1. The molecule has 134 valence electrons. The molecule has 26 heavy (non-hydrogen) atoms. The van der Waals surface area contributed by atoms with Crippen LogP contribution in [0.2, 0.25) is 5.02 Å². The van der Waals surface area contributed by atoms with E-state index in [0.717, 1.165) is 35.2 Å². The Morgan fingerprint density at radius 2 is 1.58 bits per heavy atom. The number of hydrogen-bond acceptors (Lipinski definition) is 3. The Kier molecular flexibility index (Phi) is 6.53. The fourth-order valence-electron chi connectivity index (χ4n) is 2.62. The molecule has 0 bridgehead atoms. The van der Waals surface area contributed by atoms with Gasteiger partial charge in [0.15, 0.2) is 0 Å². The van der Waals surface area contributed by atoms with Gasteiger partial charge in [-0.2, -0.15) is 0 Å². The Morgan fingerprint density at radius 1 is 0.808 bits per heavy atom. The summed E-state index contributed by atoms with van der Waals surface area (Å²) in [5, 5.41) is 4.17. The summed E-state index contributed by atoms with van der Waals surface area (Å²) in [6.45, 7) is 2.03. The fraction of sp³-hybridized carbons (Fsp3) is 0.182. The minimum absolute atomic E-state index is 0.461. The van der Waals surface area contributed by atoms with Gasteiger partial charge in [-0.05, 0) is 41.5 Å². The Bertz CT molecular complexity index is 834. The third-order valence-corrected chi connectivity index (χ3v) is 4.44. The fourth-order valence-corrected chi connectivity index (χ4v) is 2.81. The van der Waals surface area contributed by atoms with Crippen molar-refractivity contribution in [2.45, 2.75) is 19.7 Å². The average molecular weight is 368 g/mol. The largest absolute Gasteiger partial charge is 0.497 e. The van der Waals surface area contributed by atoms with Crippen molar-refractivity contribution >= 4 is 11.6 Å². The first-order valence-electron chi connectivity index (χ1n) is 8.53. The van der Waals surface area contributed by atoms with Crippen LogP contribution in [0.25, 0.3) is 0 Å². The van der Waals surface area contributed by atoms with Gasteiger partial charge in [0.1, 0.15) is 18.1 Å². The summed E-state index contributed by atoms with van der Waals surface area (Å²) in [7, 11) is 1.67. The summed E-state index contributed by atoms with van der Waals surface area (Å²) in [6, 6.07) is 23.9. The van der Waals surface area contributed by atoms with Gasteiger partial charge in [-0.3, -0.25) is 0 Å². The van der Waals surface area contributed by atoms with Crippen LogP contribution in [-0.4, -0.2) is 7.11 Å². The molecule has 0 aromatic heterocycles.